The van der Waals surface area contributed by atoms with Crippen molar-refractivity contribution in [2.75, 3.05) is 13.2 Å². The highest BCUT2D eigenvalue weighted by molar-refractivity contribution is 5.96. The Bertz CT molecular complexity index is 737. The lowest BCUT2D eigenvalue weighted by molar-refractivity contribution is -0.122. The molecule has 7 nitrogen and oxygen atoms in total. The number of nitrogens with one attached hydrogen (secondary N) is 2. The molecule has 0 saturated carbocycles. The normalized spacial score (nSPS) is 10.3. The fraction of sp³-hybridized carbons (Fsp3) is 0.368. The fourth-order valence-corrected chi connectivity index (χ4v) is 2.33. The summed E-state index contributed by atoms with van der Waals surface area (Å²) in [5, 5.41) is 0. The first-order valence-corrected chi connectivity index (χ1v) is 8.51. The number of carbonyl (C=O) groups excluding carboxylic acids is 2. The zero-order chi connectivity index (χ0) is 18.9. The van der Waals surface area contributed by atoms with Crippen molar-refractivity contribution in [3.63, 3.8) is 0 Å². The highest BCUT2D eigenvalue weighted by Gasteiger charge is 2.13. The first-order chi connectivity index (χ1) is 12.5. The first kappa shape index (κ1) is 19.4. The molecule has 26 heavy (non-hydrogen) atoms. The standard InChI is InChI=1S/C19H24N2O5/c1-4-24-15-7-9-16(10-8-15)25-11-5-6-18(22)20-21-19(23)17-12-13(2)26-14(17)3/h7-10,12H,4-6,11H2,1-3H3,(H,20,22)(H,21,23). The molecule has 1 heterocycles. The molecule has 1 aromatic heterocycles. The van der Waals surface area contributed by atoms with E-state index in [1.54, 1.807) is 19.9 Å². The van der Waals surface area contributed by atoms with Crippen LogP contribution in [0.3, 0.4) is 0 Å². The Kier molecular flexibility index (Phi) is 7.08. The molecule has 2 amide bonds. The van der Waals surface area contributed by atoms with Crippen molar-refractivity contribution in [2.45, 2.75) is 33.6 Å². The molecule has 0 atom stereocenters. The number of benzene rings is 1. The molecule has 0 unspecified atom stereocenters. The maximum absolute atomic E-state index is 12.0. The van der Waals surface area contributed by atoms with E-state index in [4.69, 9.17) is 13.9 Å². The largest absolute Gasteiger partial charge is 0.494 e. The van der Waals surface area contributed by atoms with Gasteiger partial charge in [0.2, 0.25) is 5.91 Å². The van der Waals surface area contributed by atoms with Crippen LogP contribution < -0.4 is 20.3 Å². The molecule has 0 aliphatic carbocycles. The Morgan fingerprint density at radius 3 is 2.27 bits per heavy atom. The van der Waals surface area contributed by atoms with E-state index >= 15 is 0 Å². The topological polar surface area (TPSA) is 89.8 Å². The zero-order valence-electron chi connectivity index (χ0n) is 15.3. The van der Waals surface area contributed by atoms with Crippen molar-refractivity contribution in [3.8, 4) is 11.5 Å². The van der Waals surface area contributed by atoms with E-state index in [1.165, 1.54) is 0 Å². The van der Waals surface area contributed by atoms with Gasteiger partial charge in [-0.3, -0.25) is 20.4 Å². The lowest BCUT2D eigenvalue weighted by Crippen LogP contribution is -2.41. The highest BCUT2D eigenvalue weighted by Crippen LogP contribution is 2.17. The molecule has 0 aliphatic rings. The molecular weight excluding hydrogens is 336 g/mol. The summed E-state index contributed by atoms with van der Waals surface area (Å²) in [6.45, 7) is 6.39. The van der Waals surface area contributed by atoms with Gasteiger partial charge in [0, 0.05) is 6.42 Å². The molecular formula is C19H24N2O5. The second-order valence-corrected chi connectivity index (χ2v) is 5.69. The zero-order valence-corrected chi connectivity index (χ0v) is 15.3. The Labute approximate surface area is 152 Å². The van der Waals surface area contributed by atoms with Gasteiger partial charge in [0.1, 0.15) is 23.0 Å². The smallest absolute Gasteiger partial charge is 0.273 e. The molecule has 0 spiro atoms. The van der Waals surface area contributed by atoms with Crippen molar-refractivity contribution in [3.05, 3.63) is 47.4 Å². The van der Waals surface area contributed by atoms with Crippen LogP contribution in [-0.2, 0) is 4.79 Å². The van der Waals surface area contributed by atoms with E-state index < -0.39 is 5.91 Å². The van der Waals surface area contributed by atoms with E-state index in [9.17, 15) is 9.59 Å². The number of aryl methyl sites for hydroxylation is 2. The van der Waals surface area contributed by atoms with Gasteiger partial charge in [0.05, 0.1) is 18.8 Å². The summed E-state index contributed by atoms with van der Waals surface area (Å²) in [5.74, 6) is 1.97. The molecule has 7 heteroatoms. The van der Waals surface area contributed by atoms with Crippen molar-refractivity contribution in [1.29, 1.82) is 0 Å². The Balaban J connectivity index is 1.64. The molecule has 2 rings (SSSR count). The van der Waals surface area contributed by atoms with Gasteiger partial charge in [-0.25, -0.2) is 0 Å². The molecule has 0 radical (unpaired) electrons. The van der Waals surface area contributed by atoms with Crippen LogP contribution in [0.1, 0.15) is 41.6 Å². The predicted octanol–water partition coefficient (Wildman–Crippen LogP) is 2.92. The number of hydrogen-bond acceptors (Lipinski definition) is 5. The Morgan fingerprint density at radius 1 is 1.04 bits per heavy atom. The summed E-state index contributed by atoms with van der Waals surface area (Å²) in [7, 11) is 0. The number of ether oxygens (including phenoxy) is 2. The van der Waals surface area contributed by atoms with Crippen LogP contribution >= 0.6 is 0 Å². The van der Waals surface area contributed by atoms with Crippen LogP contribution in [0.5, 0.6) is 11.5 Å². The van der Waals surface area contributed by atoms with Crippen LogP contribution in [0.2, 0.25) is 0 Å². The van der Waals surface area contributed by atoms with Gasteiger partial charge in [-0.1, -0.05) is 0 Å². The summed E-state index contributed by atoms with van der Waals surface area (Å²) in [5.41, 5.74) is 5.17. The van der Waals surface area contributed by atoms with Crippen molar-refractivity contribution >= 4 is 11.8 Å². The van der Waals surface area contributed by atoms with Gasteiger partial charge in [0.25, 0.3) is 5.91 Å². The average molecular weight is 360 g/mol. The predicted molar refractivity (Wildman–Crippen MR) is 96.1 cm³/mol. The number of amides is 2. The second kappa shape index (κ2) is 9.50. The summed E-state index contributed by atoms with van der Waals surface area (Å²) < 4.78 is 16.2. The molecule has 0 aliphatic heterocycles. The second-order valence-electron chi connectivity index (χ2n) is 5.69. The highest BCUT2D eigenvalue weighted by atomic mass is 16.5. The number of rotatable bonds is 8. The average Bonchev–Trinajstić information content (AvgIpc) is 2.96. The Hall–Kier alpha value is -2.96. The van der Waals surface area contributed by atoms with E-state index in [2.05, 4.69) is 10.9 Å². The van der Waals surface area contributed by atoms with Crippen LogP contribution in [0, 0.1) is 13.8 Å². The maximum Gasteiger partial charge on any atom is 0.273 e. The molecule has 0 saturated heterocycles. The van der Waals surface area contributed by atoms with E-state index in [0.717, 1.165) is 5.75 Å². The van der Waals surface area contributed by atoms with E-state index in [1.807, 2.05) is 31.2 Å². The number of hydrazine groups is 1. The van der Waals surface area contributed by atoms with Gasteiger partial charge in [-0.05, 0) is 57.5 Å². The van der Waals surface area contributed by atoms with Crippen molar-refractivity contribution in [2.24, 2.45) is 0 Å². The minimum Gasteiger partial charge on any atom is -0.494 e. The number of hydrogen-bond donors (Lipinski definition) is 2. The fourth-order valence-electron chi connectivity index (χ4n) is 2.33. The summed E-state index contributed by atoms with van der Waals surface area (Å²) in [6, 6.07) is 8.93. The van der Waals surface area contributed by atoms with Gasteiger partial charge >= 0.3 is 0 Å². The third-order valence-corrected chi connectivity index (χ3v) is 3.55. The molecule has 2 aromatic rings. The molecule has 1 aromatic carbocycles. The molecule has 0 bridgehead atoms. The van der Waals surface area contributed by atoms with Crippen LogP contribution in [0.15, 0.2) is 34.7 Å². The SMILES string of the molecule is CCOc1ccc(OCCCC(=O)NNC(=O)c2cc(C)oc2C)cc1. The maximum atomic E-state index is 12.0. The molecule has 2 N–H and O–H groups in total. The van der Waals surface area contributed by atoms with Crippen LogP contribution in [0.25, 0.3) is 0 Å². The van der Waals surface area contributed by atoms with E-state index in [0.29, 0.717) is 42.5 Å². The lowest BCUT2D eigenvalue weighted by Gasteiger charge is -2.09. The monoisotopic (exact) mass is 360 g/mol. The summed E-state index contributed by atoms with van der Waals surface area (Å²) >= 11 is 0. The summed E-state index contributed by atoms with van der Waals surface area (Å²) in [4.78, 5) is 23.7. The van der Waals surface area contributed by atoms with Gasteiger partial charge in [-0.2, -0.15) is 0 Å². The first-order valence-electron chi connectivity index (χ1n) is 8.51. The molecule has 140 valence electrons. The van der Waals surface area contributed by atoms with Crippen LogP contribution in [-0.4, -0.2) is 25.0 Å². The molecule has 0 fully saturated rings. The summed E-state index contributed by atoms with van der Waals surface area (Å²) in [6.07, 6.45) is 0.763. The van der Waals surface area contributed by atoms with Gasteiger partial charge in [-0.15, -0.1) is 0 Å². The quantitative estimate of drug-likeness (QED) is 0.558. The third kappa shape index (κ3) is 5.84. The lowest BCUT2D eigenvalue weighted by atomic mass is 10.2. The number of carbonyl (C=O) groups is 2. The van der Waals surface area contributed by atoms with Gasteiger partial charge in [0.15, 0.2) is 0 Å². The van der Waals surface area contributed by atoms with E-state index in [-0.39, 0.29) is 12.3 Å². The Morgan fingerprint density at radius 2 is 1.69 bits per heavy atom. The van der Waals surface area contributed by atoms with Crippen molar-refractivity contribution in [1.82, 2.24) is 10.9 Å². The minimum atomic E-state index is -0.404. The van der Waals surface area contributed by atoms with Crippen molar-refractivity contribution < 1.29 is 23.5 Å². The minimum absolute atomic E-state index is 0.237. The number of furan rings is 1. The third-order valence-electron chi connectivity index (χ3n) is 3.55. The van der Waals surface area contributed by atoms with Crippen LogP contribution in [0.4, 0.5) is 0 Å². The van der Waals surface area contributed by atoms with Gasteiger partial charge < -0.3 is 13.9 Å².